The third-order valence-electron chi connectivity index (χ3n) is 2.98. The van der Waals surface area contributed by atoms with Crippen LogP contribution in [0.2, 0.25) is 0 Å². The molecule has 0 heterocycles. The number of halogens is 3. The van der Waals surface area contributed by atoms with E-state index in [9.17, 15) is 13.2 Å². The van der Waals surface area contributed by atoms with Crippen LogP contribution in [0.25, 0.3) is 0 Å². The Kier molecular flexibility index (Phi) is 4.79. The lowest BCUT2D eigenvalue weighted by molar-refractivity contribution is -0.137. The monoisotopic (exact) mass is 260 g/mol. The summed E-state index contributed by atoms with van der Waals surface area (Å²) in [5.74, 6) is 0. The molecule has 0 aliphatic heterocycles. The standard InChI is InChI=1S/C14H19F3O/c1-13(2,8-3-9-18)10-11-4-6-12(7-5-11)14(15,16)17/h4-7,18H,3,8-10H2,1-2H3. The number of aliphatic hydroxyl groups excluding tert-OH is 1. The third-order valence-corrected chi connectivity index (χ3v) is 2.98. The molecule has 4 heteroatoms. The van der Waals surface area contributed by atoms with Crippen molar-refractivity contribution in [1.29, 1.82) is 0 Å². The van der Waals surface area contributed by atoms with Crippen LogP contribution in [0, 0.1) is 5.41 Å². The second-order valence-electron chi connectivity index (χ2n) is 5.36. The molecule has 0 saturated heterocycles. The SMILES string of the molecule is CC(C)(CCCO)Cc1ccc(C(F)(F)F)cc1. The zero-order chi connectivity index (χ0) is 13.8. The highest BCUT2D eigenvalue weighted by molar-refractivity contribution is 5.25. The van der Waals surface area contributed by atoms with Gasteiger partial charge >= 0.3 is 6.18 Å². The van der Waals surface area contributed by atoms with Crippen LogP contribution in [0.5, 0.6) is 0 Å². The van der Waals surface area contributed by atoms with Crippen molar-refractivity contribution in [2.45, 2.75) is 39.3 Å². The molecule has 1 N–H and O–H groups in total. The van der Waals surface area contributed by atoms with Gasteiger partial charge < -0.3 is 5.11 Å². The topological polar surface area (TPSA) is 20.2 Å². The van der Waals surface area contributed by atoms with Crippen LogP contribution in [0.3, 0.4) is 0 Å². The summed E-state index contributed by atoms with van der Waals surface area (Å²) in [4.78, 5) is 0. The quantitative estimate of drug-likeness (QED) is 0.847. The molecule has 18 heavy (non-hydrogen) atoms. The predicted octanol–water partition coefficient (Wildman–Crippen LogP) is 4.05. The van der Waals surface area contributed by atoms with E-state index in [1.807, 2.05) is 0 Å². The molecule has 0 saturated carbocycles. The first-order chi connectivity index (χ1) is 8.24. The summed E-state index contributed by atoms with van der Waals surface area (Å²) in [6.45, 7) is 4.26. The van der Waals surface area contributed by atoms with Crippen molar-refractivity contribution in [3.8, 4) is 0 Å². The molecule has 1 rings (SSSR count). The van der Waals surface area contributed by atoms with Crippen LogP contribution in [0.1, 0.15) is 37.8 Å². The van der Waals surface area contributed by atoms with E-state index in [-0.39, 0.29) is 12.0 Å². The van der Waals surface area contributed by atoms with Gasteiger partial charge in [-0.2, -0.15) is 13.2 Å². The smallest absolute Gasteiger partial charge is 0.396 e. The summed E-state index contributed by atoms with van der Waals surface area (Å²) >= 11 is 0. The first-order valence-electron chi connectivity index (χ1n) is 6.02. The average molecular weight is 260 g/mol. The van der Waals surface area contributed by atoms with E-state index in [0.29, 0.717) is 12.8 Å². The highest BCUT2D eigenvalue weighted by Gasteiger charge is 2.30. The lowest BCUT2D eigenvalue weighted by atomic mass is 9.81. The maximum absolute atomic E-state index is 12.4. The minimum absolute atomic E-state index is 0.0114. The van der Waals surface area contributed by atoms with Crippen LogP contribution in [-0.4, -0.2) is 11.7 Å². The molecule has 0 amide bonds. The fourth-order valence-corrected chi connectivity index (χ4v) is 2.01. The van der Waals surface area contributed by atoms with Crippen LogP contribution in [0.15, 0.2) is 24.3 Å². The van der Waals surface area contributed by atoms with Gasteiger partial charge in [0.05, 0.1) is 5.56 Å². The maximum atomic E-state index is 12.4. The zero-order valence-electron chi connectivity index (χ0n) is 10.7. The Bertz CT molecular complexity index is 366. The zero-order valence-corrected chi connectivity index (χ0v) is 10.7. The second kappa shape index (κ2) is 5.74. The van der Waals surface area contributed by atoms with Gasteiger partial charge in [-0.15, -0.1) is 0 Å². The summed E-state index contributed by atoms with van der Waals surface area (Å²) in [5.41, 5.74) is 0.271. The molecule has 0 unspecified atom stereocenters. The van der Waals surface area contributed by atoms with Crippen molar-refractivity contribution < 1.29 is 18.3 Å². The number of benzene rings is 1. The normalized spacial score (nSPS) is 12.8. The number of aliphatic hydroxyl groups is 1. The molecule has 1 nitrogen and oxygen atoms in total. The van der Waals surface area contributed by atoms with E-state index in [2.05, 4.69) is 13.8 Å². The van der Waals surface area contributed by atoms with Crippen molar-refractivity contribution in [1.82, 2.24) is 0 Å². The van der Waals surface area contributed by atoms with E-state index in [1.54, 1.807) is 0 Å². The lowest BCUT2D eigenvalue weighted by Crippen LogP contribution is -2.15. The highest BCUT2D eigenvalue weighted by Crippen LogP contribution is 2.31. The second-order valence-corrected chi connectivity index (χ2v) is 5.36. The number of alkyl halides is 3. The van der Waals surface area contributed by atoms with Gasteiger partial charge in [-0.25, -0.2) is 0 Å². The largest absolute Gasteiger partial charge is 0.416 e. The van der Waals surface area contributed by atoms with Crippen molar-refractivity contribution in [2.24, 2.45) is 5.41 Å². The number of rotatable bonds is 5. The molecule has 0 aliphatic carbocycles. The average Bonchev–Trinajstić information content (AvgIpc) is 2.25. The molecule has 0 aliphatic rings. The van der Waals surface area contributed by atoms with Gasteiger partial charge in [0.15, 0.2) is 0 Å². The lowest BCUT2D eigenvalue weighted by Gasteiger charge is -2.24. The van der Waals surface area contributed by atoms with Gasteiger partial charge in [0.2, 0.25) is 0 Å². The summed E-state index contributed by atoms with van der Waals surface area (Å²) < 4.78 is 37.2. The summed E-state index contributed by atoms with van der Waals surface area (Å²) in [6, 6.07) is 5.31. The molecule has 0 spiro atoms. The fourth-order valence-electron chi connectivity index (χ4n) is 2.01. The van der Waals surface area contributed by atoms with Gasteiger partial charge in [-0.05, 0) is 42.4 Å². The van der Waals surface area contributed by atoms with Gasteiger partial charge in [-0.3, -0.25) is 0 Å². The molecular weight excluding hydrogens is 241 g/mol. The molecule has 0 bridgehead atoms. The first-order valence-corrected chi connectivity index (χ1v) is 6.02. The van der Waals surface area contributed by atoms with Crippen molar-refractivity contribution >= 4 is 0 Å². The summed E-state index contributed by atoms with van der Waals surface area (Å²) in [7, 11) is 0. The molecule has 0 radical (unpaired) electrons. The van der Waals surface area contributed by atoms with Crippen LogP contribution in [-0.2, 0) is 12.6 Å². The molecule has 0 atom stereocenters. The van der Waals surface area contributed by atoms with Crippen molar-refractivity contribution in [3.05, 3.63) is 35.4 Å². The Morgan fingerprint density at radius 2 is 1.61 bits per heavy atom. The number of hydrogen-bond acceptors (Lipinski definition) is 1. The van der Waals surface area contributed by atoms with E-state index >= 15 is 0 Å². The molecule has 102 valence electrons. The van der Waals surface area contributed by atoms with Crippen molar-refractivity contribution in [3.63, 3.8) is 0 Å². The molecule has 0 fully saturated rings. The summed E-state index contributed by atoms with van der Waals surface area (Å²) in [5, 5.41) is 8.80. The van der Waals surface area contributed by atoms with Crippen LogP contribution < -0.4 is 0 Å². The minimum Gasteiger partial charge on any atom is -0.396 e. The molecular formula is C14H19F3O. The van der Waals surface area contributed by atoms with E-state index < -0.39 is 11.7 Å². The van der Waals surface area contributed by atoms with Gasteiger partial charge in [0, 0.05) is 6.61 Å². The Labute approximate surface area is 106 Å². The number of hydrogen-bond donors (Lipinski definition) is 1. The van der Waals surface area contributed by atoms with Crippen molar-refractivity contribution in [2.75, 3.05) is 6.61 Å². The Hall–Kier alpha value is -1.03. The Balaban J connectivity index is 2.69. The fraction of sp³-hybridized carbons (Fsp3) is 0.571. The van der Waals surface area contributed by atoms with Gasteiger partial charge in [0.1, 0.15) is 0 Å². The van der Waals surface area contributed by atoms with Gasteiger partial charge in [-0.1, -0.05) is 26.0 Å². The van der Waals surface area contributed by atoms with Gasteiger partial charge in [0.25, 0.3) is 0 Å². The molecule has 1 aromatic rings. The van der Waals surface area contributed by atoms with Crippen LogP contribution in [0.4, 0.5) is 13.2 Å². The first kappa shape index (κ1) is 15.0. The van der Waals surface area contributed by atoms with E-state index in [4.69, 9.17) is 5.11 Å². The summed E-state index contributed by atoms with van der Waals surface area (Å²) in [6.07, 6.45) is -1.99. The molecule has 1 aromatic carbocycles. The predicted molar refractivity (Wildman–Crippen MR) is 65.2 cm³/mol. The molecule has 0 aromatic heterocycles. The third kappa shape index (κ3) is 4.69. The van der Waals surface area contributed by atoms with E-state index in [1.165, 1.54) is 12.1 Å². The maximum Gasteiger partial charge on any atom is 0.416 e. The Morgan fingerprint density at radius 1 is 1.06 bits per heavy atom. The minimum atomic E-state index is -4.27. The Morgan fingerprint density at radius 3 is 2.06 bits per heavy atom. The highest BCUT2D eigenvalue weighted by atomic mass is 19.4. The van der Waals surface area contributed by atoms with Crippen LogP contribution >= 0.6 is 0 Å². The van der Waals surface area contributed by atoms with E-state index in [0.717, 1.165) is 24.1 Å².